The van der Waals surface area contributed by atoms with Gasteiger partial charge in [0, 0.05) is 12.1 Å². The van der Waals surface area contributed by atoms with Crippen molar-refractivity contribution < 1.29 is 23.2 Å². The van der Waals surface area contributed by atoms with Crippen molar-refractivity contribution in [1.29, 1.82) is 0 Å². The number of sulfonamides is 1. The average molecular weight is 362 g/mol. The first kappa shape index (κ1) is 18.8. The highest BCUT2D eigenvalue weighted by molar-refractivity contribution is 7.88. The van der Waals surface area contributed by atoms with Gasteiger partial charge in [0.1, 0.15) is 0 Å². The molecule has 0 bridgehead atoms. The summed E-state index contributed by atoms with van der Waals surface area (Å²) in [5.74, 6) is -1.04. The number of carbonyl (C=O) groups is 2. The summed E-state index contributed by atoms with van der Waals surface area (Å²) in [6.07, 6.45) is 1.04. The first-order chi connectivity index (χ1) is 11.7. The monoisotopic (exact) mass is 362 g/mol. The molecule has 2 rings (SSSR count). The molecule has 25 heavy (non-hydrogen) atoms. The van der Waals surface area contributed by atoms with E-state index in [-0.39, 0.29) is 29.1 Å². The van der Waals surface area contributed by atoms with Crippen molar-refractivity contribution >= 4 is 27.4 Å². The zero-order valence-electron chi connectivity index (χ0n) is 13.8. The number of rotatable bonds is 6. The topological polar surface area (TPSA) is 104 Å². The van der Waals surface area contributed by atoms with Crippen LogP contribution >= 0.6 is 0 Å². The molecule has 0 atom stereocenters. The Labute approximate surface area is 145 Å². The number of hydrogen-bond acceptors (Lipinski definition) is 5. The summed E-state index contributed by atoms with van der Waals surface area (Å²) < 4.78 is 24.7. The molecule has 0 saturated heterocycles. The Morgan fingerprint density at radius 1 is 1.08 bits per heavy atom. The SMILES string of the molecule is CC(=O)c1ccccc1C(=O)N(O)c1cccc(CNS(C)(=O)=O)c1. The maximum absolute atomic E-state index is 12.5. The molecule has 0 aliphatic carbocycles. The standard InChI is InChI=1S/C17H18N2O5S/c1-12(20)15-8-3-4-9-16(15)17(21)19(22)14-7-5-6-13(10-14)11-18-25(2,23)24/h3-10,18,22H,11H2,1-2H3. The molecule has 0 saturated carbocycles. The molecule has 0 heterocycles. The maximum Gasteiger partial charge on any atom is 0.282 e. The van der Waals surface area contributed by atoms with Gasteiger partial charge in [-0.2, -0.15) is 5.06 Å². The van der Waals surface area contributed by atoms with Gasteiger partial charge >= 0.3 is 0 Å². The first-order valence-corrected chi connectivity index (χ1v) is 9.25. The van der Waals surface area contributed by atoms with Crippen molar-refractivity contribution in [2.24, 2.45) is 0 Å². The average Bonchev–Trinajstić information content (AvgIpc) is 2.58. The second kappa shape index (κ2) is 7.56. The van der Waals surface area contributed by atoms with Crippen LogP contribution in [0.2, 0.25) is 0 Å². The van der Waals surface area contributed by atoms with Crippen LogP contribution in [0, 0.1) is 0 Å². The van der Waals surface area contributed by atoms with Crippen molar-refractivity contribution in [2.75, 3.05) is 11.3 Å². The summed E-state index contributed by atoms with van der Waals surface area (Å²) in [5, 5.41) is 10.7. The zero-order chi connectivity index (χ0) is 18.6. The minimum atomic E-state index is -3.36. The van der Waals surface area contributed by atoms with Crippen molar-refractivity contribution in [1.82, 2.24) is 4.72 Å². The van der Waals surface area contributed by atoms with Gasteiger partial charge in [-0.05, 0) is 30.7 Å². The van der Waals surface area contributed by atoms with E-state index < -0.39 is 15.9 Å². The summed E-state index contributed by atoms with van der Waals surface area (Å²) in [4.78, 5) is 24.2. The lowest BCUT2D eigenvalue weighted by Crippen LogP contribution is -2.28. The molecule has 1 amide bonds. The van der Waals surface area contributed by atoms with E-state index in [0.717, 1.165) is 6.26 Å². The van der Waals surface area contributed by atoms with Gasteiger partial charge in [-0.1, -0.05) is 30.3 Å². The fraction of sp³-hybridized carbons (Fsp3) is 0.176. The lowest BCUT2D eigenvalue weighted by Gasteiger charge is -2.17. The molecule has 0 aliphatic rings. The highest BCUT2D eigenvalue weighted by Crippen LogP contribution is 2.19. The second-order valence-corrected chi connectivity index (χ2v) is 7.31. The number of benzene rings is 2. The second-order valence-electron chi connectivity index (χ2n) is 5.48. The molecule has 0 fully saturated rings. The van der Waals surface area contributed by atoms with E-state index >= 15 is 0 Å². The van der Waals surface area contributed by atoms with E-state index in [2.05, 4.69) is 4.72 Å². The molecule has 0 unspecified atom stereocenters. The summed E-state index contributed by atoms with van der Waals surface area (Å²) >= 11 is 0. The Kier molecular flexibility index (Phi) is 5.68. The molecule has 2 aromatic carbocycles. The lowest BCUT2D eigenvalue weighted by atomic mass is 10.0. The number of anilines is 1. The largest absolute Gasteiger partial charge is 0.294 e. The van der Waals surface area contributed by atoms with Crippen LogP contribution in [0.3, 0.4) is 0 Å². The number of nitrogens with one attached hydrogen (secondary N) is 1. The normalized spacial score (nSPS) is 11.2. The van der Waals surface area contributed by atoms with Gasteiger partial charge in [0.2, 0.25) is 10.0 Å². The Morgan fingerprint density at radius 3 is 2.32 bits per heavy atom. The third-order valence-electron chi connectivity index (χ3n) is 3.42. The van der Waals surface area contributed by atoms with Gasteiger partial charge in [0.15, 0.2) is 5.78 Å². The molecule has 2 N–H and O–H groups in total. The number of nitrogens with zero attached hydrogens (tertiary/aromatic N) is 1. The molecular weight excluding hydrogens is 344 g/mol. The highest BCUT2D eigenvalue weighted by Gasteiger charge is 2.20. The minimum Gasteiger partial charge on any atom is -0.294 e. The van der Waals surface area contributed by atoms with Crippen molar-refractivity contribution in [2.45, 2.75) is 13.5 Å². The summed E-state index contributed by atoms with van der Waals surface area (Å²) in [5.41, 5.74) is 1.02. The van der Waals surface area contributed by atoms with Crippen LogP contribution in [0.1, 0.15) is 33.2 Å². The minimum absolute atomic E-state index is 0.0265. The first-order valence-electron chi connectivity index (χ1n) is 7.36. The molecule has 0 aliphatic heterocycles. The van der Waals surface area contributed by atoms with Crippen LogP contribution < -0.4 is 9.79 Å². The van der Waals surface area contributed by atoms with Crippen LogP contribution in [-0.2, 0) is 16.6 Å². The molecule has 8 heteroatoms. The molecular formula is C17H18N2O5S. The maximum atomic E-state index is 12.5. The van der Waals surface area contributed by atoms with Gasteiger partial charge in [0.25, 0.3) is 5.91 Å². The van der Waals surface area contributed by atoms with Gasteiger partial charge < -0.3 is 0 Å². The molecule has 2 aromatic rings. The lowest BCUT2D eigenvalue weighted by molar-refractivity contribution is 0.0848. The Balaban J connectivity index is 2.27. The van der Waals surface area contributed by atoms with Crippen LogP contribution in [0.15, 0.2) is 48.5 Å². The quantitative estimate of drug-likeness (QED) is 0.464. The van der Waals surface area contributed by atoms with Gasteiger partial charge in [-0.25, -0.2) is 13.1 Å². The smallest absolute Gasteiger partial charge is 0.282 e. The predicted molar refractivity (Wildman–Crippen MR) is 93.2 cm³/mol. The van der Waals surface area contributed by atoms with Crippen LogP contribution in [-0.4, -0.2) is 31.6 Å². The van der Waals surface area contributed by atoms with Gasteiger partial charge in [0.05, 0.1) is 17.5 Å². The van der Waals surface area contributed by atoms with E-state index in [0.29, 0.717) is 10.6 Å². The number of hydrogen-bond donors (Lipinski definition) is 2. The van der Waals surface area contributed by atoms with E-state index in [1.165, 1.54) is 31.2 Å². The highest BCUT2D eigenvalue weighted by atomic mass is 32.2. The summed E-state index contributed by atoms with van der Waals surface area (Å²) in [6, 6.07) is 12.4. The third kappa shape index (κ3) is 4.96. The van der Waals surface area contributed by atoms with E-state index in [1.54, 1.807) is 24.3 Å². The van der Waals surface area contributed by atoms with Crippen LogP contribution in [0.4, 0.5) is 5.69 Å². The Bertz CT molecular complexity index is 909. The third-order valence-corrected chi connectivity index (χ3v) is 4.09. The summed E-state index contributed by atoms with van der Waals surface area (Å²) in [7, 11) is -3.36. The molecule has 7 nitrogen and oxygen atoms in total. The molecule has 0 spiro atoms. The number of hydroxylamine groups is 1. The van der Waals surface area contributed by atoms with Crippen molar-refractivity contribution in [3.05, 3.63) is 65.2 Å². The predicted octanol–water partition coefficient (Wildman–Crippen LogP) is 1.97. The Morgan fingerprint density at radius 2 is 1.72 bits per heavy atom. The zero-order valence-corrected chi connectivity index (χ0v) is 14.6. The fourth-order valence-corrected chi connectivity index (χ4v) is 2.65. The number of Topliss-reactive ketones (excluding diaryl/α,β-unsaturated/α-hetero) is 1. The van der Waals surface area contributed by atoms with Crippen LogP contribution in [0.5, 0.6) is 0 Å². The van der Waals surface area contributed by atoms with E-state index in [9.17, 15) is 23.2 Å². The number of carbonyl (C=O) groups excluding carboxylic acids is 2. The Hall–Kier alpha value is -2.55. The van der Waals surface area contributed by atoms with E-state index in [4.69, 9.17) is 0 Å². The fourth-order valence-electron chi connectivity index (χ4n) is 2.22. The van der Waals surface area contributed by atoms with Crippen molar-refractivity contribution in [3.63, 3.8) is 0 Å². The molecule has 132 valence electrons. The number of ketones is 1. The van der Waals surface area contributed by atoms with E-state index in [1.807, 2.05) is 0 Å². The summed E-state index contributed by atoms with van der Waals surface area (Å²) in [6.45, 7) is 1.37. The molecule has 0 radical (unpaired) electrons. The van der Waals surface area contributed by atoms with Gasteiger partial charge in [-0.15, -0.1) is 0 Å². The molecule has 0 aromatic heterocycles. The van der Waals surface area contributed by atoms with Crippen molar-refractivity contribution in [3.8, 4) is 0 Å². The van der Waals surface area contributed by atoms with Crippen LogP contribution in [0.25, 0.3) is 0 Å². The van der Waals surface area contributed by atoms with Gasteiger partial charge in [-0.3, -0.25) is 14.8 Å². The number of amides is 1.